The fraction of sp³-hybridized carbons (Fsp3) is 0.853. The molecule has 0 spiro atoms. The Hall–Kier alpha value is -1.76. The van der Waals surface area contributed by atoms with E-state index in [2.05, 4.69) is 6.92 Å². The van der Waals surface area contributed by atoms with Crippen molar-refractivity contribution in [2.75, 3.05) is 13.7 Å². The van der Waals surface area contributed by atoms with Gasteiger partial charge in [-0.05, 0) is 86.5 Å². The van der Waals surface area contributed by atoms with E-state index < -0.39 is 65.1 Å². The molecule has 258 valence electrons. The maximum atomic E-state index is 12.6. The van der Waals surface area contributed by atoms with Gasteiger partial charge < -0.3 is 38.6 Å². The van der Waals surface area contributed by atoms with E-state index in [0.717, 1.165) is 24.8 Å². The van der Waals surface area contributed by atoms with Gasteiger partial charge in [-0.15, -0.1) is 11.6 Å². The van der Waals surface area contributed by atoms with Gasteiger partial charge in [0.25, 0.3) is 0 Å². The van der Waals surface area contributed by atoms with Crippen molar-refractivity contribution in [1.82, 2.24) is 0 Å². The molecule has 0 aromatic rings. The van der Waals surface area contributed by atoms with E-state index in [1.165, 1.54) is 27.0 Å². The van der Waals surface area contributed by atoms with E-state index in [9.17, 15) is 24.6 Å². The third kappa shape index (κ3) is 5.23. The predicted molar refractivity (Wildman–Crippen MR) is 163 cm³/mol. The van der Waals surface area contributed by atoms with Crippen LogP contribution in [0.2, 0.25) is 0 Å². The van der Waals surface area contributed by atoms with Gasteiger partial charge in [-0.25, -0.2) is 4.79 Å². The average molecular weight is 669 g/mol. The van der Waals surface area contributed by atoms with Gasteiger partial charge in [-0.2, -0.15) is 0 Å². The van der Waals surface area contributed by atoms with E-state index in [1.807, 2.05) is 6.92 Å². The van der Waals surface area contributed by atoms with Gasteiger partial charge in [-0.3, -0.25) is 9.59 Å². The number of methoxy groups -OCH3 is 1. The van der Waals surface area contributed by atoms with Crippen molar-refractivity contribution in [3.8, 4) is 0 Å². The monoisotopic (exact) mass is 668 g/mol. The van der Waals surface area contributed by atoms with Crippen LogP contribution in [0.4, 0.5) is 0 Å². The number of cyclic esters (lactones) is 1. The molecular formula is C34H49ClO11. The molecule has 2 N–H and O–H groups in total. The molecule has 2 heterocycles. The topological polar surface area (TPSA) is 147 Å². The van der Waals surface area contributed by atoms with Crippen LogP contribution in [0.25, 0.3) is 0 Å². The highest BCUT2D eigenvalue weighted by Gasteiger charge is 2.73. The summed E-state index contributed by atoms with van der Waals surface area (Å²) in [4.78, 5) is 35.8. The van der Waals surface area contributed by atoms with Gasteiger partial charge in [0.2, 0.25) is 0 Å². The van der Waals surface area contributed by atoms with Crippen LogP contribution in [-0.4, -0.2) is 95.7 Å². The third-order valence-electron chi connectivity index (χ3n) is 12.9. The lowest BCUT2D eigenvalue weighted by molar-refractivity contribution is -0.317. The second-order valence-corrected chi connectivity index (χ2v) is 15.5. The predicted octanol–water partition coefficient (Wildman–Crippen LogP) is 3.44. The summed E-state index contributed by atoms with van der Waals surface area (Å²) in [7, 11) is 1.47. The van der Waals surface area contributed by atoms with Crippen LogP contribution in [0, 0.1) is 34.5 Å². The summed E-state index contributed by atoms with van der Waals surface area (Å²) in [6.45, 7) is 8.81. The van der Waals surface area contributed by atoms with Crippen LogP contribution in [0.1, 0.15) is 79.6 Å². The molecule has 4 saturated carbocycles. The summed E-state index contributed by atoms with van der Waals surface area (Å²) in [5.41, 5.74) is -1.32. The molecule has 6 rings (SSSR count). The van der Waals surface area contributed by atoms with Crippen LogP contribution in [-0.2, 0) is 42.8 Å². The number of rotatable bonds is 6. The van der Waals surface area contributed by atoms with Crippen molar-refractivity contribution in [3.63, 3.8) is 0 Å². The maximum Gasteiger partial charge on any atom is 0.331 e. The molecule has 4 aliphatic carbocycles. The Morgan fingerprint density at radius 3 is 2.35 bits per heavy atom. The molecule has 11 nitrogen and oxygen atoms in total. The number of fused-ring (bicyclic) bond motifs is 5. The number of hydrogen-bond acceptors (Lipinski definition) is 11. The second-order valence-electron chi connectivity index (χ2n) is 15.0. The minimum atomic E-state index is -1.08. The lowest BCUT2D eigenvalue weighted by atomic mass is 9.42. The molecule has 15 unspecified atom stereocenters. The molecule has 6 aliphatic rings. The fourth-order valence-corrected chi connectivity index (χ4v) is 11.2. The van der Waals surface area contributed by atoms with Crippen molar-refractivity contribution in [2.45, 2.75) is 133 Å². The van der Waals surface area contributed by atoms with Crippen molar-refractivity contribution in [2.24, 2.45) is 34.5 Å². The number of hydrogen-bond donors (Lipinski definition) is 2. The first kappa shape index (κ1) is 34.1. The second kappa shape index (κ2) is 12.3. The highest BCUT2D eigenvalue weighted by Crippen LogP contribution is 2.71. The Morgan fingerprint density at radius 1 is 1.02 bits per heavy atom. The first-order chi connectivity index (χ1) is 21.6. The van der Waals surface area contributed by atoms with Gasteiger partial charge in [0.15, 0.2) is 18.5 Å². The van der Waals surface area contributed by atoms with Crippen LogP contribution >= 0.6 is 11.6 Å². The Labute approximate surface area is 275 Å². The molecule has 15 atom stereocenters. The molecule has 0 bridgehead atoms. The van der Waals surface area contributed by atoms with Crippen LogP contribution in [0.3, 0.4) is 0 Å². The average Bonchev–Trinajstić information content (AvgIpc) is 3.54. The van der Waals surface area contributed by atoms with E-state index >= 15 is 0 Å². The lowest BCUT2D eigenvalue weighted by Gasteiger charge is -2.66. The Morgan fingerprint density at radius 2 is 1.72 bits per heavy atom. The molecule has 0 aromatic carbocycles. The van der Waals surface area contributed by atoms with Crippen molar-refractivity contribution in [1.29, 1.82) is 0 Å². The number of aliphatic hydroxyl groups is 2. The summed E-state index contributed by atoms with van der Waals surface area (Å²) in [6.07, 6.45) is 1.48. The van der Waals surface area contributed by atoms with Crippen molar-refractivity contribution >= 4 is 29.5 Å². The molecule has 2 aliphatic heterocycles. The van der Waals surface area contributed by atoms with Gasteiger partial charge in [0.1, 0.15) is 12.7 Å². The summed E-state index contributed by atoms with van der Waals surface area (Å²) in [5, 5.41) is 23.9. The summed E-state index contributed by atoms with van der Waals surface area (Å²) < 4.78 is 34.8. The molecular weight excluding hydrogens is 620 g/mol. The first-order valence-corrected chi connectivity index (χ1v) is 17.2. The van der Waals surface area contributed by atoms with E-state index in [4.69, 9.17) is 40.0 Å². The minimum Gasteiger partial charge on any atom is -0.458 e. The quantitative estimate of drug-likeness (QED) is 0.186. The van der Waals surface area contributed by atoms with Gasteiger partial charge >= 0.3 is 17.9 Å². The smallest absolute Gasteiger partial charge is 0.331 e. The largest absolute Gasteiger partial charge is 0.458 e. The van der Waals surface area contributed by atoms with Crippen LogP contribution in [0.15, 0.2) is 11.6 Å². The van der Waals surface area contributed by atoms with Crippen LogP contribution < -0.4 is 0 Å². The SMILES string of the molecule is COC1C(OC(C)=O)C(C)OC(OC2CCC3(C)C(CCC4C3C(O)C(Cl)C3(C)C(C5=CC(=O)OC5)CCC43O)C2)C1OC(C)=O. The number of halogens is 1. The van der Waals surface area contributed by atoms with E-state index in [-0.39, 0.29) is 47.8 Å². The van der Waals surface area contributed by atoms with E-state index in [1.54, 1.807) is 6.92 Å². The number of aliphatic hydroxyl groups excluding tert-OH is 1. The van der Waals surface area contributed by atoms with Gasteiger partial charge in [0, 0.05) is 32.4 Å². The molecule has 46 heavy (non-hydrogen) atoms. The van der Waals surface area contributed by atoms with Crippen LogP contribution in [0.5, 0.6) is 0 Å². The van der Waals surface area contributed by atoms with Crippen molar-refractivity contribution < 1.29 is 53.0 Å². The molecule has 12 heteroatoms. The number of carbonyl (C=O) groups excluding carboxylic acids is 3. The number of carbonyl (C=O) groups is 3. The number of esters is 3. The molecule has 0 amide bonds. The first-order valence-electron chi connectivity index (χ1n) is 16.8. The zero-order valence-corrected chi connectivity index (χ0v) is 28.4. The van der Waals surface area contributed by atoms with Gasteiger partial charge in [0.05, 0.1) is 29.3 Å². The minimum absolute atomic E-state index is 0.138. The number of alkyl halides is 1. The Balaban J connectivity index is 1.20. The third-order valence-corrected chi connectivity index (χ3v) is 13.6. The van der Waals surface area contributed by atoms with E-state index in [0.29, 0.717) is 25.7 Å². The zero-order valence-electron chi connectivity index (χ0n) is 27.6. The molecule has 1 saturated heterocycles. The summed E-state index contributed by atoms with van der Waals surface area (Å²) in [6, 6.07) is 0. The van der Waals surface area contributed by atoms with Crippen molar-refractivity contribution in [3.05, 3.63) is 11.6 Å². The zero-order chi connectivity index (χ0) is 33.3. The van der Waals surface area contributed by atoms with Gasteiger partial charge in [-0.1, -0.05) is 13.8 Å². The molecule has 5 fully saturated rings. The fourth-order valence-electron chi connectivity index (χ4n) is 10.7. The Kier molecular flexibility index (Phi) is 9.11. The highest BCUT2D eigenvalue weighted by molar-refractivity contribution is 6.21. The number of ether oxygens (including phenoxy) is 6. The summed E-state index contributed by atoms with van der Waals surface area (Å²) in [5.74, 6) is -1.68. The maximum absolute atomic E-state index is 12.6. The molecule has 0 aromatic heterocycles. The lowest BCUT2D eigenvalue weighted by Crippen LogP contribution is -2.71. The summed E-state index contributed by atoms with van der Waals surface area (Å²) >= 11 is 7.23. The highest BCUT2D eigenvalue weighted by atomic mass is 35.5. The standard InChI is InChI=1S/C34H49ClO11/c1-16-27(44-17(2)36)28(41-6)29(45-18(3)37)31(43-16)46-21-9-11-32(4)20(14-21)7-8-23-25(32)26(39)30(35)33(5)22(10-12-34(23,33)40)19-13-24(38)42-15-19/h13,16,20-23,25-31,39-40H,7-12,14-15H2,1-6H3. The normalized spacial score (nSPS) is 50.0. The Bertz CT molecular complexity index is 1260. The molecule has 0 radical (unpaired) electrons.